The summed E-state index contributed by atoms with van der Waals surface area (Å²) in [4.78, 5) is 33.3. The molecule has 3 atom stereocenters. The third kappa shape index (κ3) is 6.40. The van der Waals surface area contributed by atoms with Crippen LogP contribution in [0.2, 0.25) is 5.02 Å². The van der Waals surface area contributed by atoms with Crippen LogP contribution in [0.25, 0.3) is 10.8 Å². The van der Waals surface area contributed by atoms with Gasteiger partial charge in [-0.3, -0.25) is 9.59 Å². The van der Waals surface area contributed by atoms with Gasteiger partial charge < -0.3 is 26.1 Å². The van der Waals surface area contributed by atoms with Crippen molar-refractivity contribution < 1.29 is 14.3 Å². The van der Waals surface area contributed by atoms with Crippen molar-refractivity contribution in [1.82, 2.24) is 20.6 Å². The number of carbonyl (C=O) groups excluding carboxylic acids is 2. The lowest BCUT2D eigenvalue weighted by atomic mass is 9.93. The fourth-order valence-electron chi connectivity index (χ4n) is 5.74. The Bertz CT molecular complexity index is 1730. The second-order valence-corrected chi connectivity index (χ2v) is 11.2. The number of halogens is 1. The van der Waals surface area contributed by atoms with E-state index in [1.807, 2.05) is 36.5 Å². The molecule has 1 aliphatic rings. The third-order valence-electron chi connectivity index (χ3n) is 7.92. The van der Waals surface area contributed by atoms with E-state index in [2.05, 4.69) is 57.0 Å². The van der Waals surface area contributed by atoms with Gasteiger partial charge in [-0.2, -0.15) is 0 Å². The normalized spacial score (nSPS) is 15.7. The molecule has 2 amide bonds. The molecule has 43 heavy (non-hydrogen) atoms. The molecule has 0 aliphatic carbocycles. The van der Waals surface area contributed by atoms with Crippen LogP contribution >= 0.6 is 11.6 Å². The second kappa shape index (κ2) is 12.7. The minimum Gasteiger partial charge on any atom is -0.492 e. The van der Waals surface area contributed by atoms with Gasteiger partial charge in [0.25, 0.3) is 5.91 Å². The van der Waals surface area contributed by atoms with E-state index in [0.717, 1.165) is 29.7 Å². The summed E-state index contributed by atoms with van der Waals surface area (Å²) in [7, 11) is 0. The number of primary amides is 1. The lowest BCUT2D eigenvalue weighted by Gasteiger charge is -2.31. The number of rotatable bonds is 10. The number of carbonyl (C=O) groups is 2. The van der Waals surface area contributed by atoms with Crippen molar-refractivity contribution in [2.75, 3.05) is 6.61 Å². The van der Waals surface area contributed by atoms with E-state index in [-0.39, 0.29) is 18.5 Å². The molecule has 5 N–H and O–H groups in total. The van der Waals surface area contributed by atoms with Gasteiger partial charge in [0.1, 0.15) is 11.8 Å². The number of imidazole rings is 1. The van der Waals surface area contributed by atoms with Crippen molar-refractivity contribution >= 4 is 34.2 Å². The molecule has 0 saturated carbocycles. The van der Waals surface area contributed by atoms with Gasteiger partial charge in [0.2, 0.25) is 5.91 Å². The number of benzene rings is 4. The number of aromatic nitrogens is 2. The zero-order valence-corrected chi connectivity index (χ0v) is 24.2. The smallest absolute Gasteiger partial charge is 0.255 e. The van der Waals surface area contributed by atoms with Crippen LogP contribution in [-0.2, 0) is 17.6 Å². The largest absolute Gasteiger partial charge is 0.492 e. The van der Waals surface area contributed by atoms with Gasteiger partial charge in [-0.15, -0.1) is 0 Å². The fraction of sp³-hybridized carbons (Fsp3) is 0.206. The first-order chi connectivity index (χ1) is 21.0. The van der Waals surface area contributed by atoms with Gasteiger partial charge in [-0.05, 0) is 46.5 Å². The Labute approximate surface area is 254 Å². The van der Waals surface area contributed by atoms with E-state index in [0.29, 0.717) is 22.9 Å². The summed E-state index contributed by atoms with van der Waals surface area (Å²) >= 11 is 5.99. The van der Waals surface area contributed by atoms with Crippen molar-refractivity contribution in [2.45, 2.75) is 37.4 Å². The summed E-state index contributed by atoms with van der Waals surface area (Å²) < 4.78 is 6.08. The highest BCUT2D eigenvalue weighted by Crippen LogP contribution is 2.37. The average molecular weight is 594 g/mol. The minimum absolute atomic E-state index is 0.0691. The number of amides is 2. The number of H-pyrrole nitrogens is 1. The Morgan fingerprint density at radius 3 is 2.58 bits per heavy atom. The summed E-state index contributed by atoms with van der Waals surface area (Å²) in [6.07, 6.45) is 5.24. The molecule has 0 saturated heterocycles. The molecule has 2 unspecified atom stereocenters. The van der Waals surface area contributed by atoms with Gasteiger partial charge in [-0.1, -0.05) is 78.3 Å². The van der Waals surface area contributed by atoms with Crippen LogP contribution in [0.15, 0.2) is 97.5 Å². The first-order valence-electron chi connectivity index (χ1n) is 14.3. The zero-order chi connectivity index (χ0) is 29.8. The molecule has 9 heteroatoms. The minimum atomic E-state index is -0.896. The lowest BCUT2D eigenvalue weighted by Crippen LogP contribution is -2.46. The van der Waals surface area contributed by atoms with E-state index in [1.165, 1.54) is 16.3 Å². The van der Waals surface area contributed by atoms with Crippen molar-refractivity contribution in [3.63, 3.8) is 0 Å². The summed E-state index contributed by atoms with van der Waals surface area (Å²) in [5, 5.41) is 9.63. The Morgan fingerprint density at radius 2 is 1.79 bits per heavy atom. The van der Waals surface area contributed by atoms with E-state index >= 15 is 0 Å². The lowest BCUT2D eigenvalue weighted by molar-refractivity contribution is -0.119. The highest BCUT2D eigenvalue weighted by Gasteiger charge is 2.30. The monoisotopic (exact) mass is 593 g/mol. The predicted octanol–water partition coefficient (Wildman–Crippen LogP) is 5.44. The molecule has 5 aromatic rings. The van der Waals surface area contributed by atoms with Crippen LogP contribution in [0, 0.1) is 0 Å². The highest BCUT2D eigenvalue weighted by molar-refractivity contribution is 6.30. The summed E-state index contributed by atoms with van der Waals surface area (Å²) in [5.41, 5.74) is 9.95. The maximum Gasteiger partial charge on any atom is 0.255 e. The predicted molar refractivity (Wildman–Crippen MR) is 167 cm³/mol. The van der Waals surface area contributed by atoms with Crippen LogP contribution in [-0.4, -0.2) is 34.4 Å². The second-order valence-electron chi connectivity index (χ2n) is 10.7. The number of nitrogens with one attached hydrogen (secondary N) is 3. The van der Waals surface area contributed by atoms with Crippen molar-refractivity contribution in [3.8, 4) is 5.75 Å². The molecule has 218 valence electrons. The first-order valence-corrected chi connectivity index (χ1v) is 14.7. The summed E-state index contributed by atoms with van der Waals surface area (Å²) in [6.45, 7) is 0.433. The van der Waals surface area contributed by atoms with Gasteiger partial charge >= 0.3 is 0 Å². The van der Waals surface area contributed by atoms with Crippen LogP contribution in [0.5, 0.6) is 5.75 Å². The molecule has 0 radical (unpaired) electrons. The number of ether oxygens (including phenoxy) is 1. The van der Waals surface area contributed by atoms with E-state index in [4.69, 9.17) is 22.1 Å². The Balaban J connectivity index is 1.25. The molecule has 8 nitrogen and oxygen atoms in total. The van der Waals surface area contributed by atoms with Crippen LogP contribution < -0.4 is 21.1 Å². The Morgan fingerprint density at radius 1 is 1.00 bits per heavy atom. The number of hydrogen-bond donors (Lipinski definition) is 4. The maximum absolute atomic E-state index is 13.5. The van der Waals surface area contributed by atoms with Gasteiger partial charge in [0.05, 0.1) is 30.2 Å². The van der Waals surface area contributed by atoms with Crippen LogP contribution in [0.4, 0.5) is 0 Å². The maximum atomic E-state index is 13.5. The molecule has 0 spiro atoms. The molecular weight excluding hydrogens is 562 g/mol. The molecular formula is C34H32ClN5O3. The van der Waals surface area contributed by atoms with E-state index in [9.17, 15) is 9.59 Å². The zero-order valence-electron chi connectivity index (χ0n) is 23.4. The van der Waals surface area contributed by atoms with Gasteiger partial charge in [-0.25, -0.2) is 4.98 Å². The quantitative estimate of drug-likeness (QED) is 0.172. The summed E-state index contributed by atoms with van der Waals surface area (Å²) in [5.74, 6) is -0.535. The van der Waals surface area contributed by atoms with Crippen molar-refractivity contribution in [3.05, 3.63) is 130 Å². The van der Waals surface area contributed by atoms with Crippen molar-refractivity contribution in [2.24, 2.45) is 5.73 Å². The fourth-order valence-corrected chi connectivity index (χ4v) is 5.87. The number of nitrogens with two attached hydrogens (primary N) is 1. The molecule has 1 aliphatic heterocycles. The van der Waals surface area contributed by atoms with Crippen LogP contribution in [0.1, 0.15) is 51.2 Å². The molecule has 6 rings (SSSR count). The standard InChI is InChI=1S/C34H32ClN5O3/c35-24-13-11-21(12-14-24)17-30(33(36)41)40-34(42)27-10-4-9-26-28(15-16-43-32(26)27)39-29(31-19-37-20-38-31)18-23-7-3-6-22-5-1-2-8-25(22)23/h1-14,19-20,28-30,39H,15-18H2,(H2,36,41)(H,37,38)(H,40,42)/t28?,29?,30-/m0/s1. The number of nitrogens with zero attached hydrogens (tertiary/aromatic N) is 1. The summed E-state index contributed by atoms with van der Waals surface area (Å²) in [6, 6.07) is 26.3. The highest BCUT2D eigenvalue weighted by atomic mass is 35.5. The average Bonchev–Trinajstić information content (AvgIpc) is 3.57. The SMILES string of the molecule is NC(=O)[C@H](Cc1ccc(Cl)cc1)NC(=O)c1cccc2c1OCCC2NC(Cc1cccc2ccccc12)c1cnc[nH]1. The number of para-hydroxylation sites is 1. The molecule has 2 heterocycles. The van der Waals surface area contributed by atoms with E-state index < -0.39 is 17.9 Å². The van der Waals surface area contributed by atoms with E-state index in [1.54, 1.807) is 24.5 Å². The first kappa shape index (κ1) is 28.5. The Kier molecular flexibility index (Phi) is 8.40. The molecule has 0 fully saturated rings. The Hall–Kier alpha value is -4.66. The molecule has 0 bridgehead atoms. The van der Waals surface area contributed by atoms with Gasteiger partial charge in [0, 0.05) is 35.7 Å². The van der Waals surface area contributed by atoms with Crippen LogP contribution in [0.3, 0.4) is 0 Å². The number of aromatic amines is 1. The number of hydrogen-bond acceptors (Lipinski definition) is 5. The third-order valence-corrected chi connectivity index (χ3v) is 8.17. The van der Waals surface area contributed by atoms with Crippen molar-refractivity contribution in [1.29, 1.82) is 0 Å². The van der Waals surface area contributed by atoms with Gasteiger partial charge in [0.15, 0.2) is 0 Å². The topological polar surface area (TPSA) is 122 Å². The number of fused-ring (bicyclic) bond motifs is 2. The molecule has 4 aromatic carbocycles. The molecule has 1 aromatic heterocycles.